The number of benzene rings is 24. The van der Waals surface area contributed by atoms with Gasteiger partial charge in [0.2, 0.25) is 0 Å². The van der Waals surface area contributed by atoms with Crippen molar-refractivity contribution in [2.24, 2.45) is 0 Å². The molecule has 0 atom stereocenters. The second-order valence-corrected chi connectivity index (χ2v) is 34.1. The maximum atomic E-state index is 2.34. The van der Waals surface area contributed by atoms with Gasteiger partial charge in [-0.05, 0) is 396 Å². The highest BCUT2D eigenvalue weighted by atomic mass is 15.2. The van der Waals surface area contributed by atoms with E-state index in [1.54, 1.807) is 0 Å². The first-order valence-electron chi connectivity index (χ1n) is 45.3. The molecule has 24 rings (SSSR count). The summed E-state index contributed by atoms with van der Waals surface area (Å²) in [6, 6.07) is 194. The Hall–Kier alpha value is -17.4. The Morgan fingerprint density at radius 1 is 0.0758 bits per heavy atom. The molecule has 0 aliphatic heterocycles. The average Bonchev–Trinajstić information content (AvgIpc) is 0.771. The highest BCUT2D eigenvalue weighted by Crippen LogP contribution is 2.45. The Bertz CT molecular complexity index is 7700. The third kappa shape index (κ3) is 16.1. The van der Waals surface area contributed by atoms with Crippen LogP contribution in [0.25, 0.3) is 153 Å². The van der Waals surface area contributed by atoms with E-state index in [-0.39, 0.29) is 0 Å². The third-order valence-electron chi connectivity index (χ3n) is 25.8. The molecule has 0 fully saturated rings. The first-order chi connectivity index (χ1) is 65.3. The van der Waals surface area contributed by atoms with E-state index in [0.717, 1.165) is 68.2 Å². The molecule has 0 amide bonds. The molecular weight excluding hydrogens is 1590 g/mol. The van der Waals surface area contributed by atoms with Crippen molar-refractivity contribution in [1.82, 2.24) is 0 Å². The largest absolute Gasteiger partial charge is 0.311 e. The number of rotatable bonds is 18. The molecule has 0 aliphatic rings. The molecule has 0 saturated heterocycles. The standard InChI is InChI=1S/2C64H44N2/c1-5-17-59(18-6-1)65(60-19-7-2-8-20-60)63-25-13-15-45(43-63)47-27-31-51-41-57-37-49(29-33-53(57)39-55(51)35-47)50-30-34-54-40-56-36-48(28-32-52(56)42-58(54)38-50)46-16-14-26-64(44-46)66(61-21-9-3-10-22-61)62-23-11-4-12-24-62;1-5-13-59(14-6-1)65(60-15-7-2-8-16-60)63-33-29-45(30-34-63)47-21-25-51-43-57-39-49(23-27-53(57)41-55(51)37-47)50-24-28-54-42-56-38-48(22-26-52(56)44-58(54)40-50)46-31-35-64(36-32-46)66(61-17-9-3-10-18-61)62-19-11-4-12-20-62/h2*1-44H. The van der Waals surface area contributed by atoms with Gasteiger partial charge in [0, 0.05) is 68.2 Å². The lowest BCUT2D eigenvalue weighted by Gasteiger charge is -2.26. The highest BCUT2D eigenvalue weighted by Gasteiger charge is 2.20. The van der Waals surface area contributed by atoms with Crippen molar-refractivity contribution < 1.29 is 0 Å². The van der Waals surface area contributed by atoms with Gasteiger partial charge in [0.15, 0.2) is 0 Å². The molecule has 0 saturated carbocycles. The minimum Gasteiger partial charge on any atom is -0.311 e. The quantitative estimate of drug-likeness (QED) is 0.0794. The van der Waals surface area contributed by atoms with Gasteiger partial charge in [-0.15, -0.1) is 0 Å². The van der Waals surface area contributed by atoms with Crippen LogP contribution >= 0.6 is 0 Å². The minimum absolute atomic E-state index is 1.12. The summed E-state index contributed by atoms with van der Waals surface area (Å²) < 4.78 is 0. The second-order valence-electron chi connectivity index (χ2n) is 34.1. The van der Waals surface area contributed by atoms with Gasteiger partial charge in [-0.2, -0.15) is 0 Å². The van der Waals surface area contributed by atoms with E-state index in [1.165, 1.54) is 153 Å². The van der Waals surface area contributed by atoms with Crippen molar-refractivity contribution in [2.45, 2.75) is 0 Å². The summed E-state index contributed by atoms with van der Waals surface area (Å²) in [6.07, 6.45) is 0. The van der Waals surface area contributed by atoms with E-state index in [4.69, 9.17) is 0 Å². The highest BCUT2D eigenvalue weighted by molar-refractivity contribution is 6.07. The zero-order chi connectivity index (χ0) is 87.6. The topological polar surface area (TPSA) is 13.0 Å². The van der Waals surface area contributed by atoms with Gasteiger partial charge in [-0.1, -0.05) is 291 Å². The Morgan fingerprint density at radius 2 is 0.212 bits per heavy atom. The molecule has 0 radical (unpaired) electrons. The molecule has 0 heterocycles. The summed E-state index contributed by atoms with van der Waals surface area (Å²) in [7, 11) is 0. The Balaban J connectivity index is 0.000000150. The number of fused-ring (bicyclic) bond motifs is 8. The van der Waals surface area contributed by atoms with Crippen molar-refractivity contribution in [3.8, 4) is 66.8 Å². The molecule has 0 spiro atoms. The fourth-order valence-electron chi connectivity index (χ4n) is 19.1. The fraction of sp³-hybridized carbons (Fsp3) is 0. The van der Waals surface area contributed by atoms with Gasteiger partial charge < -0.3 is 19.6 Å². The van der Waals surface area contributed by atoms with Crippen molar-refractivity contribution in [3.63, 3.8) is 0 Å². The molecule has 620 valence electrons. The molecule has 4 heteroatoms. The van der Waals surface area contributed by atoms with Gasteiger partial charge in [-0.3, -0.25) is 0 Å². The van der Waals surface area contributed by atoms with E-state index in [9.17, 15) is 0 Å². The molecule has 0 unspecified atom stereocenters. The predicted octanol–water partition coefficient (Wildman–Crippen LogP) is 36.5. The SMILES string of the molecule is c1ccc(N(c2ccccc2)c2ccc(-c3ccc4cc5cc(-c6ccc7cc8cc(-c9ccc(N(c%10ccccc%10)c%10ccccc%10)cc9)ccc8cc7c6)ccc5cc4c3)cc2)cc1.c1ccc(N(c2ccccc2)c2cccc(-c3ccc4cc5cc(-c6ccc7cc8cc(-c9cccc(N(c%10ccccc%10)c%10ccccc%10)c9)ccc8cc7c6)ccc5cc4c3)c2)cc1. The average molecular weight is 1680 g/mol. The fourth-order valence-corrected chi connectivity index (χ4v) is 19.1. The van der Waals surface area contributed by atoms with Crippen molar-refractivity contribution >= 4 is 154 Å². The number of para-hydroxylation sites is 8. The van der Waals surface area contributed by atoms with Crippen LogP contribution in [0.4, 0.5) is 68.2 Å². The van der Waals surface area contributed by atoms with E-state index in [2.05, 4.69) is 553 Å². The van der Waals surface area contributed by atoms with Crippen LogP contribution in [0.2, 0.25) is 0 Å². The van der Waals surface area contributed by atoms with E-state index < -0.39 is 0 Å². The van der Waals surface area contributed by atoms with Crippen LogP contribution in [0.1, 0.15) is 0 Å². The Kier molecular flexibility index (Phi) is 21.0. The first kappa shape index (κ1) is 79.2. The summed E-state index contributed by atoms with van der Waals surface area (Å²) in [4.78, 5) is 9.23. The molecule has 0 aliphatic carbocycles. The van der Waals surface area contributed by atoms with E-state index in [0.29, 0.717) is 0 Å². The zero-order valence-electron chi connectivity index (χ0n) is 72.6. The minimum atomic E-state index is 1.12. The van der Waals surface area contributed by atoms with E-state index >= 15 is 0 Å². The smallest absolute Gasteiger partial charge is 0.0467 e. The van der Waals surface area contributed by atoms with Crippen molar-refractivity contribution in [1.29, 1.82) is 0 Å². The van der Waals surface area contributed by atoms with Crippen LogP contribution in [0.15, 0.2) is 534 Å². The lowest BCUT2D eigenvalue weighted by molar-refractivity contribution is 1.28. The summed E-state index contributed by atoms with van der Waals surface area (Å²) in [5, 5.41) is 19.8. The second kappa shape index (κ2) is 35.1. The lowest BCUT2D eigenvalue weighted by atomic mass is 9.94. The van der Waals surface area contributed by atoms with Gasteiger partial charge in [-0.25, -0.2) is 0 Å². The summed E-state index contributed by atoms with van der Waals surface area (Å²) in [6.45, 7) is 0. The van der Waals surface area contributed by atoms with Crippen LogP contribution in [0, 0.1) is 0 Å². The molecular formula is C128H88N4. The summed E-state index contributed by atoms with van der Waals surface area (Å²) in [5.41, 5.74) is 28.0. The van der Waals surface area contributed by atoms with Crippen LogP contribution in [0.5, 0.6) is 0 Å². The lowest BCUT2D eigenvalue weighted by Crippen LogP contribution is -2.09. The molecule has 0 bridgehead atoms. The normalized spacial score (nSPS) is 11.3. The van der Waals surface area contributed by atoms with Crippen molar-refractivity contribution in [2.75, 3.05) is 19.6 Å². The molecule has 24 aromatic carbocycles. The molecule has 132 heavy (non-hydrogen) atoms. The maximum Gasteiger partial charge on any atom is 0.0467 e. The predicted molar refractivity (Wildman–Crippen MR) is 564 cm³/mol. The van der Waals surface area contributed by atoms with Gasteiger partial charge in [0.1, 0.15) is 0 Å². The first-order valence-corrected chi connectivity index (χ1v) is 45.3. The number of nitrogens with zero attached hydrogens (tertiary/aromatic N) is 4. The summed E-state index contributed by atoms with van der Waals surface area (Å²) >= 11 is 0. The van der Waals surface area contributed by atoms with Gasteiger partial charge in [0.25, 0.3) is 0 Å². The number of hydrogen-bond donors (Lipinski definition) is 0. The number of anilines is 12. The Morgan fingerprint density at radius 3 is 0.394 bits per heavy atom. The van der Waals surface area contributed by atoms with Crippen molar-refractivity contribution in [3.05, 3.63) is 534 Å². The van der Waals surface area contributed by atoms with Crippen LogP contribution < -0.4 is 19.6 Å². The molecule has 4 nitrogen and oxygen atoms in total. The monoisotopic (exact) mass is 1680 g/mol. The van der Waals surface area contributed by atoms with E-state index in [1.807, 2.05) is 0 Å². The number of hydrogen-bond acceptors (Lipinski definition) is 4. The third-order valence-corrected chi connectivity index (χ3v) is 25.8. The molecule has 0 N–H and O–H groups in total. The molecule has 24 aromatic rings. The van der Waals surface area contributed by atoms with Gasteiger partial charge >= 0.3 is 0 Å². The van der Waals surface area contributed by atoms with Gasteiger partial charge in [0.05, 0.1) is 0 Å². The van der Waals surface area contributed by atoms with Crippen LogP contribution in [-0.4, -0.2) is 0 Å². The molecule has 0 aromatic heterocycles. The van der Waals surface area contributed by atoms with Crippen LogP contribution in [-0.2, 0) is 0 Å². The Labute approximate surface area is 769 Å². The maximum absolute atomic E-state index is 2.34. The zero-order valence-corrected chi connectivity index (χ0v) is 72.6. The summed E-state index contributed by atoms with van der Waals surface area (Å²) in [5.74, 6) is 0. The van der Waals surface area contributed by atoms with Crippen LogP contribution in [0.3, 0.4) is 0 Å².